The van der Waals surface area contributed by atoms with Crippen molar-refractivity contribution >= 4 is 84.7 Å². The lowest BCUT2D eigenvalue weighted by Crippen LogP contribution is -2.71. The van der Waals surface area contributed by atoms with Crippen molar-refractivity contribution in [1.29, 1.82) is 0 Å². The van der Waals surface area contributed by atoms with Gasteiger partial charge in [-0.1, -0.05) is 16.5 Å². The third kappa shape index (κ3) is 6.28. The highest BCUT2D eigenvalue weighted by atomic mass is 79.9. The lowest BCUT2D eigenvalue weighted by atomic mass is 10.0. The second-order valence-corrected chi connectivity index (χ2v) is 13.2. The van der Waals surface area contributed by atoms with E-state index in [1.807, 2.05) is 42.2 Å². The Morgan fingerprint density at radius 1 is 1.36 bits per heavy atom. The highest BCUT2D eigenvalue weighted by Crippen LogP contribution is 2.40. The number of rotatable bonds is 13. The number of nitrogen functional groups attached to an aromatic ring is 1. The van der Waals surface area contributed by atoms with Gasteiger partial charge in [-0.2, -0.15) is 4.57 Å². The van der Waals surface area contributed by atoms with Crippen LogP contribution in [-0.4, -0.2) is 86.4 Å². The molecule has 2 amide bonds. The van der Waals surface area contributed by atoms with Crippen LogP contribution < -0.4 is 26.0 Å². The zero-order chi connectivity index (χ0) is 31.5. The molecule has 0 aliphatic carbocycles. The van der Waals surface area contributed by atoms with Crippen LogP contribution in [-0.2, 0) is 37.1 Å². The number of amides is 2. The molecule has 1 saturated heterocycles. The van der Waals surface area contributed by atoms with Crippen molar-refractivity contribution in [3.05, 3.63) is 51.3 Å². The Kier molecular flexibility index (Phi) is 9.52. The lowest BCUT2D eigenvalue weighted by Gasteiger charge is -2.50. The van der Waals surface area contributed by atoms with Crippen LogP contribution in [0.3, 0.4) is 0 Å². The number of nitrogens with two attached hydrogens (primary N) is 1. The number of fused-ring (bicyclic) bond motifs is 2. The van der Waals surface area contributed by atoms with Gasteiger partial charge >= 0.3 is 5.97 Å². The molecule has 2 unspecified atom stereocenters. The van der Waals surface area contributed by atoms with Crippen LogP contribution in [0, 0.1) is 0 Å². The van der Waals surface area contributed by atoms with Crippen molar-refractivity contribution in [2.75, 3.05) is 31.7 Å². The summed E-state index contributed by atoms with van der Waals surface area (Å²) in [6.07, 6.45) is 4.79. The van der Waals surface area contributed by atoms with Crippen molar-refractivity contribution in [2.45, 2.75) is 30.9 Å². The van der Waals surface area contributed by atoms with Crippen molar-refractivity contribution in [2.24, 2.45) is 5.16 Å². The number of carbonyl (C=O) groups is 4. The maximum atomic E-state index is 13.3. The minimum absolute atomic E-state index is 0.00464. The van der Waals surface area contributed by atoms with E-state index in [2.05, 4.69) is 41.3 Å². The number of pyridine rings is 1. The molecule has 0 spiro atoms. The number of oxime groups is 1. The molecule has 2 aliphatic heterocycles. The summed E-state index contributed by atoms with van der Waals surface area (Å²) in [5, 5.41) is 29.9. The molecule has 0 radical (unpaired) electrons. The van der Waals surface area contributed by atoms with Gasteiger partial charge in [0.25, 0.3) is 11.8 Å². The molecule has 2 aliphatic rings. The molecule has 5 N–H and O–H groups in total. The van der Waals surface area contributed by atoms with Gasteiger partial charge in [0.1, 0.15) is 26.4 Å². The topological polar surface area (TPSA) is 208 Å². The number of carboxylic acids is 2. The Morgan fingerprint density at radius 3 is 2.84 bits per heavy atom. The van der Waals surface area contributed by atoms with Crippen LogP contribution >= 0.6 is 39.0 Å². The molecule has 232 valence electrons. The van der Waals surface area contributed by atoms with Crippen molar-refractivity contribution in [3.63, 3.8) is 0 Å². The number of carbonyl (C=O) groups excluding carboxylic acids is 3. The Morgan fingerprint density at radius 2 is 2.16 bits per heavy atom. The molecule has 5 rings (SSSR count). The third-order valence-electron chi connectivity index (χ3n) is 6.91. The summed E-state index contributed by atoms with van der Waals surface area (Å²) < 4.78 is 4.41. The first-order valence-electron chi connectivity index (χ1n) is 13.3. The maximum Gasteiger partial charge on any atom is 0.344 e. The van der Waals surface area contributed by atoms with Gasteiger partial charge < -0.3 is 40.8 Å². The van der Waals surface area contributed by atoms with Crippen LogP contribution in [0.4, 0.5) is 5.13 Å². The van der Waals surface area contributed by atoms with Crippen LogP contribution in [0.1, 0.15) is 12.1 Å². The second-order valence-electron chi connectivity index (χ2n) is 9.75. The summed E-state index contributed by atoms with van der Waals surface area (Å²) in [5.74, 6) is -4.07. The van der Waals surface area contributed by atoms with E-state index < -0.39 is 47.5 Å². The van der Waals surface area contributed by atoms with Gasteiger partial charge in [-0.15, -0.1) is 11.8 Å². The summed E-state index contributed by atoms with van der Waals surface area (Å²) in [6, 6.07) is 4.77. The van der Waals surface area contributed by atoms with E-state index in [9.17, 15) is 24.3 Å². The minimum Gasteiger partial charge on any atom is -0.543 e. The quantitative estimate of drug-likeness (QED) is 0.0572. The molecule has 2 atom stereocenters. The lowest BCUT2D eigenvalue weighted by molar-refractivity contribution is -0.663. The van der Waals surface area contributed by atoms with Gasteiger partial charge in [-0.3, -0.25) is 14.5 Å². The largest absolute Gasteiger partial charge is 0.543 e. The van der Waals surface area contributed by atoms with Crippen LogP contribution in [0.2, 0.25) is 0 Å². The molecule has 15 nitrogen and oxygen atoms in total. The molecular formula is C26H27BrN8O7S2. The van der Waals surface area contributed by atoms with Crippen LogP contribution in [0.15, 0.2) is 50.8 Å². The average molecular weight is 708 g/mol. The van der Waals surface area contributed by atoms with Crippen LogP contribution in [0.5, 0.6) is 0 Å². The zero-order valence-corrected chi connectivity index (χ0v) is 26.4. The smallest absolute Gasteiger partial charge is 0.344 e. The molecule has 3 aromatic heterocycles. The van der Waals surface area contributed by atoms with Gasteiger partial charge in [0.15, 0.2) is 23.6 Å². The fourth-order valence-electron chi connectivity index (χ4n) is 4.99. The van der Waals surface area contributed by atoms with Gasteiger partial charge in [0, 0.05) is 36.2 Å². The third-order valence-corrected chi connectivity index (χ3v) is 9.79. The summed E-state index contributed by atoms with van der Waals surface area (Å²) in [7, 11) is 1.90. The Bertz CT molecular complexity index is 1700. The molecule has 0 aromatic carbocycles. The molecular weight excluding hydrogens is 680 g/mol. The fourth-order valence-corrected chi connectivity index (χ4v) is 7.66. The first-order valence-corrected chi connectivity index (χ1v) is 15.9. The van der Waals surface area contributed by atoms with E-state index in [1.54, 1.807) is 0 Å². The predicted molar refractivity (Wildman–Crippen MR) is 162 cm³/mol. The van der Waals surface area contributed by atoms with E-state index in [0.29, 0.717) is 9.36 Å². The Labute approximate surface area is 266 Å². The van der Waals surface area contributed by atoms with E-state index in [4.69, 9.17) is 15.7 Å². The normalized spacial score (nSPS) is 18.3. The number of halogens is 1. The number of hydrogen-bond donors (Lipinski definition) is 4. The number of nitrogens with zero attached hydrogens (tertiary/aromatic N) is 5. The standard InChI is InChI=1S/C26H27BrN8O7S2/c1-29-6-3-8-33-9-5-15-14(33)4-2-7-34(15)10-13-12-43-24-19(23(39)35(24)20(13)25(40)41)30-22(38)18(32-42-11-16(36)37)17-21(27)44-26(28)31-17/h2,4-5,7,9,19,24,29H,3,6,8,10-12H2,1H3,(H4-,28,30,31,36,37,38,40,41)/b32-18-. The summed E-state index contributed by atoms with van der Waals surface area (Å²) in [5.41, 5.74) is 7.51. The molecule has 0 bridgehead atoms. The van der Waals surface area contributed by atoms with Gasteiger partial charge in [0.05, 0.1) is 11.7 Å². The van der Waals surface area contributed by atoms with Crippen molar-refractivity contribution in [1.82, 2.24) is 25.1 Å². The summed E-state index contributed by atoms with van der Waals surface area (Å²) in [4.78, 5) is 59.7. The molecule has 1 fully saturated rings. The van der Waals surface area contributed by atoms with E-state index in [0.717, 1.165) is 46.8 Å². The Hall–Kier alpha value is -4.00. The van der Waals surface area contributed by atoms with Gasteiger partial charge in [-0.25, -0.2) is 9.78 Å². The molecule has 44 heavy (non-hydrogen) atoms. The van der Waals surface area contributed by atoms with Crippen LogP contribution in [0.25, 0.3) is 11.0 Å². The molecule has 0 saturated carbocycles. The fraction of sp³-hybridized carbons (Fsp3) is 0.346. The highest BCUT2D eigenvalue weighted by Gasteiger charge is 2.53. The zero-order valence-electron chi connectivity index (χ0n) is 23.2. The number of aryl methyl sites for hydroxylation is 1. The van der Waals surface area contributed by atoms with Crippen molar-refractivity contribution in [3.8, 4) is 0 Å². The van der Waals surface area contributed by atoms with Crippen molar-refractivity contribution < 1.29 is 38.8 Å². The second kappa shape index (κ2) is 13.3. The predicted octanol–water partition coefficient (Wildman–Crippen LogP) is -0.751. The summed E-state index contributed by atoms with van der Waals surface area (Å²) in [6.45, 7) is 1.09. The number of aromatic nitrogens is 3. The number of anilines is 1. The van der Waals surface area contributed by atoms with E-state index in [-0.39, 0.29) is 28.8 Å². The number of hydrogen-bond acceptors (Lipinski definition) is 12. The van der Waals surface area contributed by atoms with E-state index in [1.165, 1.54) is 11.8 Å². The minimum atomic E-state index is -1.49. The SMILES string of the molecule is CNCCCn1ccc2c1ccc[n+]2CC1=C(C(=O)[O-])N2C(=O)C(NC(=O)/C(=N\OCC(=O)O)c3nc(N)sc3Br)C2SC1. The van der Waals surface area contributed by atoms with Gasteiger partial charge in [0.2, 0.25) is 12.1 Å². The molecule has 18 heteroatoms. The Balaban J connectivity index is 1.36. The number of carboxylic acid groups (broad SMARTS) is 2. The average Bonchev–Trinajstić information content (AvgIpc) is 3.55. The first kappa shape index (κ1) is 31.4. The monoisotopic (exact) mass is 706 g/mol. The number of aliphatic carboxylic acids is 2. The number of β-lactam (4-membered cyclic amide) rings is 1. The summed E-state index contributed by atoms with van der Waals surface area (Å²) >= 11 is 5.55. The van der Waals surface area contributed by atoms with Gasteiger partial charge in [-0.05, 0) is 42.0 Å². The first-order chi connectivity index (χ1) is 21.1. The van der Waals surface area contributed by atoms with E-state index >= 15 is 0 Å². The number of thioether (sulfide) groups is 1. The maximum absolute atomic E-state index is 13.3. The molecule has 5 heterocycles. The highest BCUT2D eigenvalue weighted by molar-refractivity contribution is 9.11. The number of thiazole rings is 1. The number of nitrogens with one attached hydrogen (secondary N) is 2. The molecule has 3 aromatic rings.